The van der Waals surface area contributed by atoms with Gasteiger partial charge in [-0.2, -0.15) is 8.78 Å². The van der Waals surface area contributed by atoms with E-state index in [4.69, 9.17) is 4.74 Å². The van der Waals surface area contributed by atoms with Gasteiger partial charge in [-0.15, -0.1) is 0 Å². The normalized spacial score (nSPS) is 11.3. The molecule has 3 rings (SSSR count). The summed E-state index contributed by atoms with van der Waals surface area (Å²) in [5.41, 5.74) is 1.54. The first-order valence-electron chi connectivity index (χ1n) is 8.54. The first kappa shape index (κ1) is 20.5. The quantitative estimate of drug-likeness (QED) is 0.610. The zero-order valence-corrected chi connectivity index (χ0v) is 16.1. The number of carbonyl (C=O) groups excluding carboxylic acids is 1. The summed E-state index contributed by atoms with van der Waals surface area (Å²) in [4.78, 5) is 12.0. The van der Waals surface area contributed by atoms with Crippen molar-refractivity contribution in [2.45, 2.75) is 17.6 Å². The minimum atomic E-state index is -4.71. The number of halogens is 2. The van der Waals surface area contributed by atoms with Crippen molar-refractivity contribution < 1.29 is 26.7 Å². The smallest absolute Gasteiger partial charge is 0.341 e. The summed E-state index contributed by atoms with van der Waals surface area (Å²) in [5.74, 6) is -3.03. The Labute approximate surface area is 166 Å². The van der Waals surface area contributed by atoms with Gasteiger partial charge >= 0.3 is 5.76 Å². The van der Waals surface area contributed by atoms with Gasteiger partial charge in [0.15, 0.2) is 5.75 Å². The summed E-state index contributed by atoms with van der Waals surface area (Å²) in [6, 6.07) is 18.5. The maximum atomic E-state index is 12.6. The van der Waals surface area contributed by atoms with Crippen molar-refractivity contribution in [2.75, 3.05) is 5.32 Å². The zero-order chi connectivity index (χ0) is 21.0. The molecule has 3 aromatic carbocycles. The topological polar surface area (TPSA) is 72.5 Å². The molecule has 150 valence electrons. The van der Waals surface area contributed by atoms with E-state index in [0.717, 1.165) is 17.7 Å². The van der Waals surface area contributed by atoms with Gasteiger partial charge in [-0.05, 0) is 61.0 Å². The largest absolute Gasteiger partial charge is 0.455 e. The van der Waals surface area contributed by atoms with Crippen LogP contribution in [0.3, 0.4) is 0 Å². The molecule has 0 aromatic heterocycles. The molecule has 1 N–H and O–H groups in total. The number of benzene rings is 3. The van der Waals surface area contributed by atoms with Gasteiger partial charge in [0, 0.05) is 5.56 Å². The van der Waals surface area contributed by atoms with Crippen LogP contribution >= 0.6 is 0 Å². The van der Waals surface area contributed by atoms with Crippen LogP contribution in [0.4, 0.5) is 14.5 Å². The fraction of sp³-hybridized carbons (Fsp3) is 0.0952. The number of hydrogen-bond donors (Lipinski definition) is 1. The highest BCUT2D eigenvalue weighted by molar-refractivity contribution is 7.91. The second-order valence-corrected chi connectivity index (χ2v) is 8.12. The summed E-state index contributed by atoms with van der Waals surface area (Å²) in [7, 11) is -4.71. The monoisotopic (exact) mass is 417 g/mol. The molecule has 0 heterocycles. The van der Waals surface area contributed by atoms with Crippen molar-refractivity contribution in [3.8, 4) is 11.5 Å². The number of amides is 1. The third-order valence-corrected chi connectivity index (χ3v) is 5.43. The molecule has 8 heteroatoms. The molecule has 0 atom stereocenters. The maximum Gasteiger partial charge on any atom is 0.341 e. The SMILES string of the molecule is Cc1cccc(Oc2ccccc2NC(=O)c2ccc(S(=O)(=O)C(F)F)cc2)c1. The van der Waals surface area contributed by atoms with Crippen molar-refractivity contribution >= 4 is 21.4 Å². The predicted molar refractivity (Wildman–Crippen MR) is 105 cm³/mol. The molecule has 0 aliphatic rings. The standard InChI is InChI=1S/C21H17F2NO4S/c1-14-5-4-6-16(13-14)28-19-8-3-2-7-18(19)24-20(25)15-9-11-17(12-10-15)29(26,27)21(22)23/h2-13,21H,1H3,(H,24,25). The van der Waals surface area contributed by atoms with Crippen LogP contribution in [-0.2, 0) is 9.84 Å². The Kier molecular flexibility index (Phi) is 5.93. The van der Waals surface area contributed by atoms with E-state index in [1.165, 1.54) is 12.1 Å². The molecule has 0 spiro atoms. The molecule has 0 fully saturated rings. The van der Waals surface area contributed by atoms with Gasteiger partial charge in [0.1, 0.15) is 5.75 Å². The summed E-state index contributed by atoms with van der Waals surface area (Å²) in [6.07, 6.45) is 0. The Balaban J connectivity index is 1.79. The molecule has 5 nitrogen and oxygen atoms in total. The Morgan fingerprint density at radius 3 is 2.31 bits per heavy atom. The second-order valence-electron chi connectivity index (χ2n) is 6.20. The van der Waals surface area contributed by atoms with Crippen molar-refractivity contribution in [1.82, 2.24) is 0 Å². The number of hydrogen-bond acceptors (Lipinski definition) is 4. The summed E-state index contributed by atoms with van der Waals surface area (Å²) in [5, 5.41) is 2.68. The van der Waals surface area contributed by atoms with Crippen molar-refractivity contribution in [3.63, 3.8) is 0 Å². The van der Waals surface area contributed by atoms with Crippen LogP contribution in [0.5, 0.6) is 11.5 Å². The van der Waals surface area contributed by atoms with Crippen LogP contribution in [-0.4, -0.2) is 20.1 Å². The third-order valence-electron chi connectivity index (χ3n) is 4.03. The molecule has 1 amide bonds. The van der Waals surface area contributed by atoms with Crippen LogP contribution in [0.25, 0.3) is 0 Å². The minimum absolute atomic E-state index is 0.114. The Bertz CT molecular complexity index is 1130. The number of sulfone groups is 1. The van der Waals surface area contributed by atoms with Gasteiger partial charge in [-0.1, -0.05) is 24.3 Å². The average Bonchev–Trinajstić information content (AvgIpc) is 2.69. The molecular formula is C21H17F2NO4S. The van der Waals surface area contributed by atoms with Gasteiger partial charge in [-0.3, -0.25) is 4.79 Å². The lowest BCUT2D eigenvalue weighted by Gasteiger charge is -2.13. The van der Waals surface area contributed by atoms with Crippen molar-refractivity contribution in [1.29, 1.82) is 0 Å². The first-order valence-corrected chi connectivity index (χ1v) is 10.1. The van der Waals surface area contributed by atoms with E-state index in [9.17, 15) is 22.0 Å². The molecule has 0 saturated heterocycles. The van der Waals surface area contributed by atoms with Crippen LogP contribution in [0.1, 0.15) is 15.9 Å². The van der Waals surface area contributed by atoms with E-state index < -0.39 is 26.4 Å². The van der Waals surface area contributed by atoms with Gasteiger partial charge in [-0.25, -0.2) is 8.42 Å². The Hall–Kier alpha value is -3.26. The predicted octanol–water partition coefficient (Wildman–Crippen LogP) is 5.04. The lowest BCUT2D eigenvalue weighted by molar-refractivity contribution is 0.102. The molecule has 29 heavy (non-hydrogen) atoms. The molecule has 0 aliphatic carbocycles. The minimum Gasteiger partial charge on any atom is -0.455 e. The summed E-state index contributed by atoms with van der Waals surface area (Å²) >= 11 is 0. The number of ether oxygens (including phenoxy) is 1. The molecular weight excluding hydrogens is 400 g/mol. The number of nitrogens with one attached hydrogen (secondary N) is 1. The summed E-state index contributed by atoms with van der Waals surface area (Å²) < 4.78 is 54.0. The number of para-hydroxylation sites is 2. The maximum absolute atomic E-state index is 12.6. The number of alkyl halides is 2. The fourth-order valence-electron chi connectivity index (χ4n) is 2.56. The molecule has 0 radical (unpaired) electrons. The molecule has 3 aromatic rings. The first-order chi connectivity index (χ1) is 13.8. The van der Waals surface area contributed by atoms with Crippen molar-refractivity contribution in [3.05, 3.63) is 83.9 Å². The van der Waals surface area contributed by atoms with E-state index in [0.29, 0.717) is 17.2 Å². The van der Waals surface area contributed by atoms with Crippen molar-refractivity contribution in [2.24, 2.45) is 0 Å². The van der Waals surface area contributed by atoms with Crippen LogP contribution in [0.2, 0.25) is 0 Å². The molecule has 0 unspecified atom stereocenters. The Morgan fingerprint density at radius 1 is 0.966 bits per heavy atom. The van der Waals surface area contributed by atoms with Gasteiger partial charge in [0.05, 0.1) is 10.6 Å². The lowest BCUT2D eigenvalue weighted by atomic mass is 10.2. The molecule has 0 aliphatic heterocycles. The third kappa shape index (κ3) is 4.78. The number of carbonyl (C=O) groups is 1. The average molecular weight is 417 g/mol. The number of aryl methyl sites for hydroxylation is 1. The fourth-order valence-corrected chi connectivity index (χ4v) is 3.28. The highest BCUT2D eigenvalue weighted by atomic mass is 32.2. The summed E-state index contributed by atoms with van der Waals surface area (Å²) in [6.45, 7) is 1.93. The molecule has 0 saturated carbocycles. The highest BCUT2D eigenvalue weighted by Gasteiger charge is 2.26. The van der Waals surface area contributed by atoms with Crippen LogP contribution in [0, 0.1) is 6.92 Å². The number of anilines is 1. The van der Waals surface area contributed by atoms with Crippen LogP contribution < -0.4 is 10.1 Å². The second kappa shape index (κ2) is 8.40. The van der Waals surface area contributed by atoms with Gasteiger partial charge in [0.25, 0.3) is 5.91 Å². The van der Waals surface area contributed by atoms with Gasteiger partial charge in [0.2, 0.25) is 9.84 Å². The van der Waals surface area contributed by atoms with E-state index >= 15 is 0 Å². The van der Waals surface area contributed by atoms with Crippen LogP contribution in [0.15, 0.2) is 77.7 Å². The highest BCUT2D eigenvalue weighted by Crippen LogP contribution is 2.30. The Morgan fingerprint density at radius 2 is 1.66 bits per heavy atom. The molecule has 0 bridgehead atoms. The van der Waals surface area contributed by atoms with E-state index in [2.05, 4.69) is 5.32 Å². The van der Waals surface area contributed by atoms with E-state index in [1.807, 2.05) is 25.1 Å². The van der Waals surface area contributed by atoms with E-state index in [-0.39, 0.29) is 5.56 Å². The van der Waals surface area contributed by atoms with Gasteiger partial charge < -0.3 is 10.1 Å². The zero-order valence-electron chi connectivity index (χ0n) is 15.3. The number of rotatable bonds is 6. The lowest BCUT2D eigenvalue weighted by Crippen LogP contribution is -2.14. The van der Waals surface area contributed by atoms with E-state index in [1.54, 1.807) is 30.3 Å².